The van der Waals surface area contributed by atoms with E-state index in [-0.39, 0.29) is 0 Å². The van der Waals surface area contributed by atoms with Crippen LogP contribution in [-0.2, 0) is 0 Å². The molecule has 0 aromatic heterocycles. The van der Waals surface area contributed by atoms with Gasteiger partial charge < -0.3 is 0 Å². The van der Waals surface area contributed by atoms with Crippen molar-refractivity contribution < 1.29 is 0 Å². The summed E-state index contributed by atoms with van der Waals surface area (Å²) in [5.41, 5.74) is 0. The summed E-state index contributed by atoms with van der Waals surface area (Å²) in [5.74, 6) is 1.77. The molecule has 1 fully saturated rings. The Morgan fingerprint density at radius 3 is 2.22 bits per heavy atom. The van der Waals surface area contributed by atoms with Gasteiger partial charge in [-0.25, -0.2) is 0 Å². The highest BCUT2D eigenvalue weighted by Crippen LogP contribution is 2.34. The number of hydrogen-bond donors (Lipinski definition) is 0. The molecular formula is C8H13N. The predicted octanol–water partition coefficient (Wildman–Crippen LogP) is 2.19. The van der Waals surface area contributed by atoms with E-state index in [0.717, 1.165) is 12.3 Å². The van der Waals surface area contributed by atoms with Gasteiger partial charge in [0.2, 0.25) is 0 Å². The highest BCUT2D eigenvalue weighted by Gasteiger charge is 2.27. The van der Waals surface area contributed by atoms with Crippen LogP contribution in [0.5, 0.6) is 0 Å². The lowest BCUT2D eigenvalue weighted by Gasteiger charge is -2.02. The molecule has 50 valence electrons. The van der Waals surface area contributed by atoms with Crippen LogP contribution in [0.2, 0.25) is 0 Å². The van der Waals surface area contributed by atoms with Crippen LogP contribution in [0.4, 0.5) is 0 Å². The second kappa shape index (κ2) is 2.39. The Hall–Kier alpha value is -0.510. The lowest BCUT2D eigenvalue weighted by atomic mass is 10.0. The highest BCUT2D eigenvalue weighted by molar-refractivity contribution is 4.92. The van der Waals surface area contributed by atoms with Gasteiger partial charge in [-0.3, -0.25) is 0 Å². The molecule has 1 heteroatoms. The Bertz CT molecular complexity index is 134. The second-order valence-corrected chi connectivity index (χ2v) is 3.29. The molecule has 1 saturated carbocycles. The molecule has 0 spiro atoms. The Balaban J connectivity index is 2.50. The molecular weight excluding hydrogens is 110 g/mol. The van der Waals surface area contributed by atoms with Gasteiger partial charge in [0, 0.05) is 5.92 Å². The normalized spacial score (nSPS) is 42.6. The number of rotatable bonds is 0. The zero-order valence-corrected chi connectivity index (χ0v) is 6.09. The fourth-order valence-corrected chi connectivity index (χ4v) is 1.74. The van der Waals surface area contributed by atoms with Crippen LogP contribution >= 0.6 is 0 Å². The fraction of sp³-hybridized carbons (Fsp3) is 0.875. The monoisotopic (exact) mass is 123 g/mol. The summed E-state index contributed by atoms with van der Waals surface area (Å²) in [7, 11) is 0. The first-order chi connectivity index (χ1) is 4.24. The van der Waals surface area contributed by atoms with Crippen molar-refractivity contribution in [3.63, 3.8) is 0 Å². The first kappa shape index (κ1) is 6.61. The summed E-state index contributed by atoms with van der Waals surface area (Å²) in [6, 6.07) is 2.34. The van der Waals surface area contributed by atoms with Gasteiger partial charge in [-0.1, -0.05) is 13.8 Å². The molecule has 0 aromatic carbocycles. The average Bonchev–Trinajstić information content (AvgIpc) is 2.10. The molecule has 1 aliphatic rings. The molecule has 0 N–H and O–H groups in total. The van der Waals surface area contributed by atoms with E-state index in [2.05, 4.69) is 19.9 Å². The van der Waals surface area contributed by atoms with Crippen molar-refractivity contribution in [3.05, 3.63) is 0 Å². The Morgan fingerprint density at radius 2 is 2.00 bits per heavy atom. The topological polar surface area (TPSA) is 23.8 Å². The van der Waals surface area contributed by atoms with Gasteiger partial charge in [0.15, 0.2) is 0 Å². The summed E-state index contributed by atoms with van der Waals surface area (Å²) in [6.07, 6.45) is 2.37. The lowest BCUT2D eigenvalue weighted by Crippen LogP contribution is -1.98. The molecule has 1 aliphatic carbocycles. The van der Waals surface area contributed by atoms with Crippen molar-refractivity contribution in [1.82, 2.24) is 0 Å². The molecule has 9 heavy (non-hydrogen) atoms. The SMILES string of the molecule is CC1CC(C#N)[C@@H](C)C1. The maximum atomic E-state index is 8.60. The van der Waals surface area contributed by atoms with E-state index in [1.165, 1.54) is 6.42 Å². The maximum Gasteiger partial charge on any atom is 0.0658 e. The molecule has 0 aromatic rings. The quantitative estimate of drug-likeness (QED) is 0.484. The molecule has 0 heterocycles. The van der Waals surface area contributed by atoms with Crippen LogP contribution in [0.15, 0.2) is 0 Å². The van der Waals surface area contributed by atoms with Crippen LogP contribution in [0, 0.1) is 29.1 Å². The van der Waals surface area contributed by atoms with Gasteiger partial charge in [0.1, 0.15) is 0 Å². The van der Waals surface area contributed by atoms with Gasteiger partial charge in [-0.2, -0.15) is 5.26 Å². The lowest BCUT2D eigenvalue weighted by molar-refractivity contribution is 0.511. The summed E-state index contributed by atoms with van der Waals surface area (Å²) in [4.78, 5) is 0. The van der Waals surface area contributed by atoms with E-state index in [0.29, 0.717) is 11.8 Å². The van der Waals surface area contributed by atoms with E-state index < -0.39 is 0 Å². The third-order valence-electron chi connectivity index (χ3n) is 2.28. The van der Waals surface area contributed by atoms with Crippen LogP contribution < -0.4 is 0 Å². The smallest absolute Gasteiger partial charge is 0.0658 e. The van der Waals surface area contributed by atoms with Crippen molar-refractivity contribution in [3.8, 4) is 6.07 Å². The summed E-state index contributed by atoms with van der Waals surface area (Å²) in [6.45, 7) is 4.41. The third-order valence-corrected chi connectivity index (χ3v) is 2.28. The molecule has 1 rings (SSSR count). The van der Waals surface area contributed by atoms with Gasteiger partial charge in [0.05, 0.1) is 6.07 Å². The predicted molar refractivity (Wildman–Crippen MR) is 36.7 cm³/mol. The van der Waals surface area contributed by atoms with Gasteiger partial charge in [0.25, 0.3) is 0 Å². The van der Waals surface area contributed by atoms with Crippen LogP contribution in [0.25, 0.3) is 0 Å². The minimum Gasteiger partial charge on any atom is -0.198 e. The molecule has 3 atom stereocenters. The second-order valence-electron chi connectivity index (χ2n) is 3.29. The molecule has 0 bridgehead atoms. The Labute approximate surface area is 56.7 Å². The van der Waals surface area contributed by atoms with Crippen LogP contribution in [0.3, 0.4) is 0 Å². The van der Waals surface area contributed by atoms with Crippen LogP contribution in [-0.4, -0.2) is 0 Å². The number of nitrogens with zero attached hydrogens (tertiary/aromatic N) is 1. The first-order valence-electron chi connectivity index (χ1n) is 3.63. The average molecular weight is 123 g/mol. The van der Waals surface area contributed by atoms with E-state index >= 15 is 0 Å². The van der Waals surface area contributed by atoms with Crippen molar-refractivity contribution in [1.29, 1.82) is 5.26 Å². The zero-order valence-electron chi connectivity index (χ0n) is 6.09. The van der Waals surface area contributed by atoms with E-state index in [4.69, 9.17) is 5.26 Å². The standard InChI is InChI=1S/C8H13N/c1-6-3-7(2)8(4-6)5-9/h6-8H,3-4H2,1-2H3/t6?,7-,8?/m0/s1. The third kappa shape index (κ3) is 1.24. The molecule has 0 radical (unpaired) electrons. The van der Waals surface area contributed by atoms with Gasteiger partial charge in [-0.05, 0) is 24.7 Å². The molecule has 2 unspecified atom stereocenters. The van der Waals surface area contributed by atoms with Gasteiger partial charge >= 0.3 is 0 Å². The maximum absolute atomic E-state index is 8.60. The number of hydrogen-bond acceptors (Lipinski definition) is 1. The Kier molecular flexibility index (Phi) is 1.75. The van der Waals surface area contributed by atoms with E-state index in [1.807, 2.05) is 0 Å². The van der Waals surface area contributed by atoms with E-state index in [1.54, 1.807) is 0 Å². The van der Waals surface area contributed by atoms with Crippen LogP contribution in [0.1, 0.15) is 26.7 Å². The minimum atomic E-state index is 0.347. The van der Waals surface area contributed by atoms with Crippen molar-refractivity contribution in [2.75, 3.05) is 0 Å². The van der Waals surface area contributed by atoms with E-state index in [9.17, 15) is 0 Å². The summed E-state index contributed by atoms with van der Waals surface area (Å²) >= 11 is 0. The zero-order chi connectivity index (χ0) is 6.85. The largest absolute Gasteiger partial charge is 0.198 e. The first-order valence-corrected chi connectivity index (χ1v) is 3.63. The molecule has 0 amide bonds. The van der Waals surface area contributed by atoms with Crippen molar-refractivity contribution in [2.24, 2.45) is 17.8 Å². The molecule has 1 nitrogen and oxygen atoms in total. The Morgan fingerprint density at radius 1 is 1.33 bits per heavy atom. The fourth-order valence-electron chi connectivity index (χ4n) is 1.74. The highest BCUT2D eigenvalue weighted by atomic mass is 14.4. The number of nitriles is 1. The molecule has 0 saturated heterocycles. The molecule has 0 aliphatic heterocycles. The van der Waals surface area contributed by atoms with Gasteiger partial charge in [-0.15, -0.1) is 0 Å². The summed E-state index contributed by atoms with van der Waals surface area (Å²) in [5, 5.41) is 8.60. The van der Waals surface area contributed by atoms with Crippen molar-refractivity contribution >= 4 is 0 Å². The summed E-state index contributed by atoms with van der Waals surface area (Å²) < 4.78 is 0. The minimum absolute atomic E-state index is 0.347. The van der Waals surface area contributed by atoms with Crippen molar-refractivity contribution in [2.45, 2.75) is 26.7 Å².